The topological polar surface area (TPSA) is 0 Å². The van der Waals surface area contributed by atoms with Crippen LogP contribution in [-0.4, -0.2) is 0 Å². The van der Waals surface area contributed by atoms with Crippen molar-refractivity contribution < 1.29 is 8.78 Å². The molecule has 0 N–H and O–H groups in total. The molecule has 0 aliphatic heterocycles. The molecule has 1 aromatic rings. The van der Waals surface area contributed by atoms with Crippen molar-refractivity contribution in [2.75, 3.05) is 0 Å². The zero-order valence-corrected chi connectivity index (χ0v) is 16.6. The predicted molar refractivity (Wildman–Crippen MR) is 105 cm³/mol. The molecular formula is C23H31ClF2. The fourth-order valence-corrected chi connectivity index (χ4v) is 5.39. The van der Waals surface area contributed by atoms with Gasteiger partial charge in [0.25, 0.3) is 0 Å². The summed E-state index contributed by atoms with van der Waals surface area (Å²) in [5, 5.41) is 0. The lowest BCUT2D eigenvalue weighted by atomic mass is 9.68. The number of allylic oxidation sites excluding steroid dienone is 1. The second-order valence-electron chi connectivity index (χ2n) is 8.32. The number of rotatable bonds is 5. The average Bonchev–Trinajstić information content (AvgIpc) is 2.66. The van der Waals surface area contributed by atoms with Gasteiger partial charge in [0.1, 0.15) is 11.6 Å². The van der Waals surface area contributed by atoms with Crippen molar-refractivity contribution in [3.63, 3.8) is 0 Å². The van der Waals surface area contributed by atoms with Crippen LogP contribution < -0.4 is 0 Å². The zero-order chi connectivity index (χ0) is 18.5. The third-order valence-corrected chi connectivity index (χ3v) is 6.88. The van der Waals surface area contributed by atoms with Crippen LogP contribution in [0.3, 0.4) is 0 Å². The molecule has 2 aliphatic rings. The fourth-order valence-electron chi connectivity index (χ4n) is 5.18. The number of hydrogen-bond donors (Lipinski definition) is 0. The Morgan fingerprint density at radius 1 is 0.923 bits per heavy atom. The maximum atomic E-state index is 14.3. The normalized spacial score (nSPS) is 30.0. The van der Waals surface area contributed by atoms with Crippen LogP contribution in [0.2, 0.25) is 0 Å². The average molecular weight is 381 g/mol. The van der Waals surface area contributed by atoms with Crippen molar-refractivity contribution in [1.82, 2.24) is 0 Å². The minimum absolute atomic E-state index is 0.257. The van der Waals surface area contributed by atoms with Gasteiger partial charge in [0, 0.05) is 11.1 Å². The lowest BCUT2D eigenvalue weighted by Crippen LogP contribution is -2.25. The first-order valence-electron chi connectivity index (χ1n) is 10.4. The van der Waals surface area contributed by atoms with Gasteiger partial charge in [-0.2, -0.15) is 0 Å². The van der Waals surface area contributed by atoms with Crippen molar-refractivity contribution in [2.45, 2.75) is 77.0 Å². The molecule has 144 valence electrons. The standard InChI is InChI=1S/C23H31ClF2/c1-2-3-21-22(25)14-20(15-23(21)26)19-10-8-18(9-11-19)17-6-4-16(5-7-17)12-13-24/h12-19H,2-11H2,1H3. The smallest absolute Gasteiger partial charge is 0.129 e. The monoisotopic (exact) mass is 380 g/mol. The van der Waals surface area contributed by atoms with Crippen LogP contribution in [0.4, 0.5) is 8.78 Å². The molecule has 0 unspecified atom stereocenters. The van der Waals surface area contributed by atoms with Crippen molar-refractivity contribution in [3.05, 3.63) is 46.5 Å². The Morgan fingerprint density at radius 2 is 1.46 bits per heavy atom. The Morgan fingerprint density at radius 3 is 1.96 bits per heavy atom. The molecule has 0 nitrogen and oxygen atoms in total. The van der Waals surface area contributed by atoms with Gasteiger partial charge in [-0.1, -0.05) is 31.0 Å². The molecule has 3 heteroatoms. The van der Waals surface area contributed by atoms with Crippen LogP contribution in [0.5, 0.6) is 0 Å². The molecule has 0 atom stereocenters. The van der Waals surface area contributed by atoms with Crippen LogP contribution in [0.25, 0.3) is 0 Å². The summed E-state index contributed by atoms with van der Waals surface area (Å²) in [6.07, 6.45) is 13.0. The maximum absolute atomic E-state index is 14.3. The second kappa shape index (κ2) is 9.35. The summed E-state index contributed by atoms with van der Waals surface area (Å²) in [5.41, 5.74) is 2.79. The summed E-state index contributed by atoms with van der Waals surface area (Å²) in [6.45, 7) is 1.95. The van der Waals surface area contributed by atoms with E-state index in [0.717, 1.165) is 36.7 Å². The third-order valence-electron chi connectivity index (χ3n) is 6.73. The van der Waals surface area contributed by atoms with Crippen molar-refractivity contribution >= 4 is 11.6 Å². The van der Waals surface area contributed by atoms with Crippen LogP contribution in [0.15, 0.2) is 23.7 Å². The van der Waals surface area contributed by atoms with E-state index in [-0.39, 0.29) is 17.2 Å². The molecule has 2 aliphatic carbocycles. The SMILES string of the molecule is CCCc1c(F)cc(C2CCC(C3CCC(C=CCl)CC3)CC2)cc1F. The molecule has 2 fully saturated rings. The van der Waals surface area contributed by atoms with Crippen molar-refractivity contribution in [3.8, 4) is 0 Å². The number of benzene rings is 1. The Bertz CT molecular complexity index is 586. The largest absolute Gasteiger partial charge is 0.207 e. The molecule has 0 aromatic heterocycles. The molecule has 2 saturated carbocycles. The third kappa shape index (κ3) is 4.68. The summed E-state index contributed by atoms with van der Waals surface area (Å²) in [7, 11) is 0. The van der Waals surface area contributed by atoms with E-state index < -0.39 is 0 Å². The molecule has 0 radical (unpaired) electrons. The van der Waals surface area contributed by atoms with E-state index in [1.54, 1.807) is 17.7 Å². The second-order valence-corrected chi connectivity index (χ2v) is 8.57. The van der Waals surface area contributed by atoms with E-state index in [0.29, 0.717) is 18.3 Å². The van der Waals surface area contributed by atoms with E-state index in [2.05, 4.69) is 6.08 Å². The van der Waals surface area contributed by atoms with Gasteiger partial charge < -0.3 is 0 Å². The highest BCUT2D eigenvalue weighted by atomic mass is 35.5. The molecule has 3 rings (SSSR count). The molecule has 0 bridgehead atoms. The van der Waals surface area contributed by atoms with Gasteiger partial charge in [0.05, 0.1) is 0 Å². The first-order valence-corrected chi connectivity index (χ1v) is 10.8. The molecule has 0 spiro atoms. The number of halogens is 3. The summed E-state index contributed by atoms with van der Waals surface area (Å²) < 4.78 is 28.5. The van der Waals surface area contributed by atoms with Crippen LogP contribution >= 0.6 is 11.6 Å². The van der Waals surface area contributed by atoms with E-state index in [1.165, 1.54) is 38.5 Å². The van der Waals surface area contributed by atoms with Gasteiger partial charge in [-0.15, -0.1) is 0 Å². The molecule has 0 heterocycles. The minimum atomic E-state index is -0.352. The van der Waals surface area contributed by atoms with Gasteiger partial charge >= 0.3 is 0 Å². The first kappa shape index (κ1) is 19.9. The highest BCUT2D eigenvalue weighted by Crippen LogP contribution is 2.44. The van der Waals surface area contributed by atoms with Crippen molar-refractivity contribution in [2.24, 2.45) is 17.8 Å². The highest BCUT2D eigenvalue weighted by Gasteiger charge is 2.31. The van der Waals surface area contributed by atoms with Crippen LogP contribution in [0, 0.1) is 29.4 Å². The zero-order valence-electron chi connectivity index (χ0n) is 15.8. The molecule has 0 saturated heterocycles. The quantitative estimate of drug-likeness (QED) is 0.489. The van der Waals surface area contributed by atoms with E-state index in [4.69, 9.17) is 11.6 Å². The molecule has 1 aromatic carbocycles. The summed E-state index contributed by atoms with van der Waals surface area (Å²) >= 11 is 5.71. The van der Waals surface area contributed by atoms with Gasteiger partial charge in [-0.3, -0.25) is 0 Å². The van der Waals surface area contributed by atoms with E-state index >= 15 is 0 Å². The Hall–Kier alpha value is -0.890. The van der Waals surface area contributed by atoms with Crippen LogP contribution in [0.1, 0.15) is 81.8 Å². The lowest BCUT2D eigenvalue weighted by Gasteiger charge is -2.37. The van der Waals surface area contributed by atoms with Gasteiger partial charge in [-0.05, 0) is 99.2 Å². The Kier molecular flexibility index (Phi) is 7.14. The van der Waals surface area contributed by atoms with Gasteiger partial charge in [0.15, 0.2) is 0 Å². The van der Waals surface area contributed by atoms with E-state index in [1.807, 2.05) is 6.92 Å². The molecule has 26 heavy (non-hydrogen) atoms. The minimum Gasteiger partial charge on any atom is -0.207 e. The van der Waals surface area contributed by atoms with Crippen molar-refractivity contribution in [1.29, 1.82) is 0 Å². The number of hydrogen-bond acceptors (Lipinski definition) is 0. The molecular weight excluding hydrogens is 350 g/mol. The maximum Gasteiger partial charge on any atom is 0.129 e. The first-order chi connectivity index (χ1) is 12.6. The predicted octanol–water partition coefficient (Wildman–Crippen LogP) is 7.75. The van der Waals surface area contributed by atoms with Gasteiger partial charge in [-0.25, -0.2) is 8.78 Å². The fraction of sp³-hybridized carbons (Fsp3) is 0.652. The lowest BCUT2D eigenvalue weighted by molar-refractivity contribution is 0.171. The van der Waals surface area contributed by atoms with Gasteiger partial charge in [0.2, 0.25) is 0 Å². The summed E-state index contributed by atoms with van der Waals surface area (Å²) in [5.74, 6) is 1.90. The summed E-state index contributed by atoms with van der Waals surface area (Å²) in [6, 6.07) is 3.20. The Balaban J connectivity index is 1.56. The highest BCUT2D eigenvalue weighted by molar-refractivity contribution is 6.25. The Labute approximate surface area is 162 Å². The van der Waals surface area contributed by atoms with E-state index in [9.17, 15) is 8.78 Å². The molecule has 0 amide bonds. The van der Waals surface area contributed by atoms with Crippen LogP contribution in [-0.2, 0) is 6.42 Å². The summed E-state index contributed by atoms with van der Waals surface area (Å²) in [4.78, 5) is 0.